The molecule has 0 N–H and O–H groups in total. The molecular weight excluding hydrogens is 182 g/mol. The second kappa shape index (κ2) is 6.35. The molecule has 0 radical (unpaired) electrons. The number of rotatable bonds is 6. The molecule has 0 aliphatic carbocycles. The molecule has 0 aromatic rings. The smallest absolute Gasteiger partial charge is 0.0714 e. The Morgan fingerprint density at radius 2 is 2.00 bits per heavy atom. The second-order valence-electron chi connectivity index (χ2n) is 3.69. The lowest BCUT2D eigenvalue weighted by atomic mass is 10.2. The molecule has 2 atom stereocenters. The predicted molar refractivity (Wildman–Crippen MR) is 54.5 cm³/mol. The lowest BCUT2D eigenvalue weighted by Crippen LogP contribution is -2.35. The fourth-order valence-corrected chi connectivity index (χ4v) is 1.96. The lowest BCUT2D eigenvalue weighted by Gasteiger charge is -2.22. The van der Waals surface area contributed by atoms with Crippen molar-refractivity contribution in [1.82, 2.24) is 4.90 Å². The summed E-state index contributed by atoms with van der Waals surface area (Å²) in [6, 6.07) is 0.486. The van der Waals surface area contributed by atoms with Gasteiger partial charge in [-0.25, -0.2) is 0 Å². The van der Waals surface area contributed by atoms with E-state index < -0.39 is 0 Å². The van der Waals surface area contributed by atoms with Crippen molar-refractivity contribution in [2.24, 2.45) is 0 Å². The molecule has 0 spiro atoms. The Bertz CT molecular complexity index is 154. The zero-order valence-electron chi connectivity index (χ0n) is 9.36. The maximum absolute atomic E-state index is 5.36. The molecule has 1 aliphatic heterocycles. The highest BCUT2D eigenvalue weighted by molar-refractivity contribution is 4.85. The van der Waals surface area contributed by atoms with Crippen LogP contribution in [0.5, 0.6) is 0 Å². The maximum Gasteiger partial charge on any atom is 0.0714 e. The number of ether oxygens (including phenoxy) is 3. The second-order valence-corrected chi connectivity index (χ2v) is 3.69. The zero-order chi connectivity index (χ0) is 10.4. The van der Waals surface area contributed by atoms with Crippen molar-refractivity contribution >= 4 is 0 Å². The van der Waals surface area contributed by atoms with Gasteiger partial charge >= 0.3 is 0 Å². The van der Waals surface area contributed by atoms with Crippen LogP contribution >= 0.6 is 0 Å². The van der Waals surface area contributed by atoms with Crippen molar-refractivity contribution in [3.63, 3.8) is 0 Å². The molecule has 1 rings (SSSR count). The highest BCUT2D eigenvalue weighted by Gasteiger charge is 2.31. The van der Waals surface area contributed by atoms with E-state index in [9.17, 15) is 0 Å². The molecule has 0 bridgehead atoms. The summed E-state index contributed by atoms with van der Waals surface area (Å²) in [5.74, 6) is 0. The normalized spacial score (nSPS) is 28.5. The van der Waals surface area contributed by atoms with Gasteiger partial charge in [-0.2, -0.15) is 0 Å². The molecule has 1 saturated heterocycles. The van der Waals surface area contributed by atoms with E-state index in [4.69, 9.17) is 14.2 Å². The molecule has 4 nitrogen and oxygen atoms in total. The van der Waals surface area contributed by atoms with Crippen LogP contribution in [0.2, 0.25) is 0 Å². The maximum atomic E-state index is 5.36. The van der Waals surface area contributed by atoms with Gasteiger partial charge in [-0.1, -0.05) is 0 Å². The summed E-state index contributed by atoms with van der Waals surface area (Å²) < 4.78 is 15.6. The first kappa shape index (κ1) is 11.9. The molecule has 1 fully saturated rings. The third-order valence-corrected chi connectivity index (χ3v) is 2.76. The Balaban J connectivity index is 2.36. The van der Waals surface area contributed by atoms with E-state index in [1.807, 2.05) is 0 Å². The molecule has 0 amide bonds. The highest BCUT2D eigenvalue weighted by atomic mass is 16.5. The minimum absolute atomic E-state index is 0.354. The Morgan fingerprint density at radius 3 is 2.57 bits per heavy atom. The van der Waals surface area contributed by atoms with Gasteiger partial charge in [-0.3, -0.25) is 4.90 Å². The predicted octanol–water partition coefficient (Wildman–Crippen LogP) is 0.369. The first-order valence-electron chi connectivity index (χ1n) is 5.06. The number of hydrogen-bond donors (Lipinski definition) is 0. The quantitative estimate of drug-likeness (QED) is 0.624. The largest absolute Gasteiger partial charge is 0.383 e. The Kier molecular flexibility index (Phi) is 5.40. The average Bonchev–Trinajstić information content (AvgIpc) is 2.58. The molecule has 1 aliphatic rings. The summed E-state index contributed by atoms with van der Waals surface area (Å²) in [6.45, 7) is 3.51. The summed E-state index contributed by atoms with van der Waals surface area (Å²) >= 11 is 0. The van der Waals surface area contributed by atoms with E-state index in [1.54, 1.807) is 21.3 Å². The van der Waals surface area contributed by atoms with E-state index in [0.29, 0.717) is 12.1 Å². The Labute approximate surface area is 86.1 Å². The molecule has 84 valence electrons. The number of likely N-dealkylation sites (tertiary alicyclic amines) is 1. The fourth-order valence-electron chi connectivity index (χ4n) is 1.96. The van der Waals surface area contributed by atoms with Crippen LogP contribution in [0.25, 0.3) is 0 Å². The van der Waals surface area contributed by atoms with Crippen LogP contribution in [-0.4, -0.2) is 64.7 Å². The van der Waals surface area contributed by atoms with Gasteiger partial charge in [0, 0.05) is 40.5 Å². The Morgan fingerprint density at radius 1 is 1.21 bits per heavy atom. The van der Waals surface area contributed by atoms with Gasteiger partial charge in [-0.15, -0.1) is 0 Å². The zero-order valence-corrected chi connectivity index (χ0v) is 9.36. The molecule has 2 unspecified atom stereocenters. The molecule has 14 heavy (non-hydrogen) atoms. The summed E-state index contributed by atoms with van der Waals surface area (Å²) in [5.41, 5.74) is 0. The lowest BCUT2D eigenvalue weighted by molar-refractivity contribution is 0.0870. The number of hydrogen-bond acceptors (Lipinski definition) is 4. The third-order valence-electron chi connectivity index (χ3n) is 2.76. The molecule has 0 saturated carbocycles. The van der Waals surface area contributed by atoms with Crippen LogP contribution in [0.15, 0.2) is 0 Å². The number of nitrogens with zero attached hydrogens (tertiary/aromatic N) is 1. The molecule has 0 aromatic heterocycles. The standard InChI is InChI=1S/C10H21NO3/c1-12-5-4-11-7-10(14-3)6-9(11)8-13-2/h9-10H,4-8H2,1-3H3. The third kappa shape index (κ3) is 3.20. The minimum atomic E-state index is 0.354. The van der Waals surface area contributed by atoms with E-state index in [-0.39, 0.29) is 0 Å². The van der Waals surface area contributed by atoms with Crippen LogP contribution in [0.1, 0.15) is 6.42 Å². The van der Waals surface area contributed by atoms with E-state index >= 15 is 0 Å². The fraction of sp³-hybridized carbons (Fsp3) is 1.00. The van der Waals surface area contributed by atoms with Crippen molar-refractivity contribution in [2.45, 2.75) is 18.6 Å². The monoisotopic (exact) mass is 203 g/mol. The topological polar surface area (TPSA) is 30.9 Å². The minimum Gasteiger partial charge on any atom is -0.383 e. The molecule has 4 heteroatoms. The number of methoxy groups -OCH3 is 3. The molecular formula is C10H21NO3. The van der Waals surface area contributed by atoms with Crippen molar-refractivity contribution in [2.75, 3.05) is 47.6 Å². The van der Waals surface area contributed by atoms with E-state index in [2.05, 4.69) is 4.90 Å². The van der Waals surface area contributed by atoms with Crippen molar-refractivity contribution in [3.05, 3.63) is 0 Å². The Hall–Kier alpha value is -0.160. The van der Waals surface area contributed by atoms with Gasteiger partial charge in [0.15, 0.2) is 0 Å². The van der Waals surface area contributed by atoms with Gasteiger partial charge in [0.05, 0.1) is 19.3 Å². The van der Waals surface area contributed by atoms with Crippen LogP contribution < -0.4 is 0 Å². The molecule has 0 aromatic carbocycles. The summed E-state index contributed by atoms with van der Waals surface area (Å²) in [5, 5.41) is 0. The first-order chi connectivity index (χ1) is 6.81. The average molecular weight is 203 g/mol. The van der Waals surface area contributed by atoms with E-state index in [1.165, 1.54) is 0 Å². The van der Waals surface area contributed by atoms with Crippen LogP contribution in [-0.2, 0) is 14.2 Å². The van der Waals surface area contributed by atoms with Gasteiger partial charge in [0.1, 0.15) is 0 Å². The van der Waals surface area contributed by atoms with Crippen LogP contribution in [0.3, 0.4) is 0 Å². The summed E-state index contributed by atoms with van der Waals surface area (Å²) in [4.78, 5) is 2.38. The first-order valence-corrected chi connectivity index (χ1v) is 5.06. The van der Waals surface area contributed by atoms with Crippen LogP contribution in [0.4, 0.5) is 0 Å². The molecule has 1 heterocycles. The van der Waals surface area contributed by atoms with Crippen molar-refractivity contribution < 1.29 is 14.2 Å². The van der Waals surface area contributed by atoms with E-state index in [0.717, 1.165) is 32.7 Å². The van der Waals surface area contributed by atoms with Crippen molar-refractivity contribution in [1.29, 1.82) is 0 Å². The van der Waals surface area contributed by atoms with Gasteiger partial charge in [0.25, 0.3) is 0 Å². The van der Waals surface area contributed by atoms with Gasteiger partial charge in [0.2, 0.25) is 0 Å². The SMILES string of the molecule is COCCN1CC(OC)CC1COC. The highest BCUT2D eigenvalue weighted by Crippen LogP contribution is 2.19. The summed E-state index contributed by atoms with van der Waals surface area (Å²) in [7, 11) is 5.25. The van der Waals surface area contributed by atoms with Gasteiger partial charge in [-0.05, 0) is 6.42 Å². The summed E-state index contributed by atoms with van der Waals surface area (Å²) in [6.07, 6.45) is 1.42. The van der Waals surface area contributed by atoms with Gasteiger partial charge < -0.3 is 14.2 Å². The van der Waals surface area contributed by atoms with Crippen molar-refractivity contribution in [3.8, 4) is 0 Å². The van der Waals surface area contributed by atoms with Crippen LogP contribution in [0, 0.1) is 0 Å².